The van der Waals surface area contributed by atoms with Crippen molar-refractivity contribution in [1.82, 2.24) is 19.6 Å². The summed E-state index contributed by atoms with van der Waals surface area (Å²) in [5.74, 6) is 0.737. The fourth-order valence-electron chi connectivity index (χ4n) is 3.92. The number of fused-ring (bicyclic) bond motifs is 1. The Morgan fingerprint density at radius 2 is 2.00 bits per heavy atom. The minimum Gasteiger partial charge on any atom is -0.360 e. The van der Waals surface area contributed by atoms with Gasteiger partial charge < -0.3 is 14.7 Å². The van der Waals surface area contributed by atoms with Gasteiger partial charge in [-0.05, 0) is 38.3 Å². The fraction of sp³-hybridized carbons (Fsp3) is 0.409. The van der Waals surface area contributed by atoms with E-state index in [0.29, 0.717) is 48.4 Å². The van der Waals surface area contributed by atoms with E-state index in [1.165, 1.54) is 10.9 Å². The zero-order chi connectivity index (χ0) is 22.0. The second-order valence-corrected chi connectivity index (χ2v) is 7.93. The van der Waals surface area contributed by atoms with E-state index in [1.54, 1.807) is 24.0 Å². The lowest BCUT2D eigenvalue weighted by Crippen LogP contribution is -2.42. The van der Waals surface area contributed by atoms with E-state index in [-0.39, 0.29) is 36.3 Å². The molecule has 1 aromatic carbocycles. The van der Waals surface area contributed by atoms with Crippen molar-refractivity contribution in [1.29, 1.82) is 0 Å². The summed E-state index contributed by atoms with van der Waals surface area (Å²) in [6.07, 6.45) is 2.90. The maximum absolute atomic E-state index is 12.7. The summed E-state index contributed by atoms with van der Waals surface area (Å²) in [7, 11) is 0. The number of carbonyl (C=O) groups is 2. The van der Waals surface area contributed by atoms with Gasteiger partial charge in [0.15, 0.2) is 5.82 Å². The number of rotatable bonds is 5. The van der Waals surface area contributed by atoms with Gasteiger partial charge in [-0.2, -0.15) is 0 Å². The molecule has 4 rings (SSSR count). The molecule has 162 valence electrons. The first-order valence-electron chi connectivity index (χ1n) is 10.4. The first kappa shape index (κ1) is 20.8. The highest BCUT2D eigenvalue weighted by Gasteiger charge is 2.27. The summed E-state index contributed by atoms with van der Waals surface area (Å²) < 4.78 is 6.44. The molecular weight excluding hydrogens is 398 g/mol. The van der Waals surface area contributed by atoms with Crippen LogP contribution in [0.4, 0.5) is 5.82 Å². The molecule has 0 spiro atoms. The Morgan fingerprint density at radius 3 is 2.71 bits per heavy atom. The van der Waals surface area contributed by atoms with Crippen LogP contribution in [0, 0.1) is 19.8 Å². The van der Waals surface area contributed by atoms with E-state index in [2.05, 4.69) is 15.5 Å². The molecule has 1 N–H and O–H groups in total. The van der Waals surface area contributed by atoms with Gasteiger partial charge in [0, 0.05) is 38.0 Å². The molecule has 31 heavy (non-hydrogen) atoms. The lowest BCUT2D eigenvalue weighted by Gasteiger charge is -2.31. The van der Waals surface area contributed by atoms with Gasteiger partial charge in [-0.1, -0.05) is 17.3 Å². The molecular formula is C22H25N5O4. The van der Waals surface area contributed by atoms with Crippen LogP contribution in [0.3, 0.4) is 0 Å². The van der Waals surface area contributed by atoms with Crippen LogP contribution in [-0.4, -0.2) is 44.5 Å². The molecule has 0 bridgehead atoms. The Kier molecular flexibility index (Phi) is 5.83. The normalized spacial score (nSPS) is 14.7. The second-order valence-electron chi connectivity index (χ2n) is 7.93. The number of piperidine rings is 1. The van der Waals surface area contributed by atoms with E-state index in [1.807, 2.05) is 19.1 Å². The average Bonchev–Trinajstić information content (AvgIpc) is 3.18. The number of benzene rings is 1. The molecule has 9 nitrogen and oxygen atoms in total. The van der Waals surface area contributed by atoms with E-state index < -0.39 is 0 Å². The summed E-state index contributed by atoms with van der Waals surface area (Å²) >= 11 is 0. The van der Waals surface area contributed by atoms with E-state index in [0.717, 1.165) is 5.56 Å². The molecule has 1 aliphatic rings. The van der Waals surface area contributed by atoms with Crippen molar-refractivity contribution in [3.63, 3.8) is 0 Å². The molecule has 3 aromatic rings. The van der Waals surface area contributed by atoms with Crippen LogP contribution >= 0.6 is 0 Å². The number of carbonyl (C=O) groups excluding carboxylic acids is 2. The molecule has 0 unspecified atom stereocenters. The lowest BCUT2D eigenvalue weighted by atomic mass is 9.95. The minimum absolute atomic E-state index is 0.0257. The van der Waals surface area contributed by atoms with Crippen molar-refractivity contribution >= 4 is 28.5 Å². The third-order valence-corrected chi connectivity index (χ3v) is 5.72. The molecule has 0 aliphatic carbocycles. The fourth-order valence-corrected chi connectivity index (χ4v) is 3.92. The Labute approximate surface area is 179 Å². The second kappa shape index (κ2) is 8.71. The van der Waals surface area contributed by atoms with Crippen LogP contribution in [-0.2, 0) is 16.1 Å². The van der Waals surface area contributed by atoms with Crippen LogP contribution in [0.2, 0.25) is 0 Å². The molecule has 1 fully saturated rings. The molecule has 0 saturated carbocycles. The largest absolute Gasteiger partial charge is 0.360 e. The van der Waals surface area contributed by atoms with Gasteiger partial charge in [-0.15, -0.1) is 0 Å². The Balaban J connectivity index is 1.30. The van der Waals surface area contributed by atoms with Crippen LogP contribution in [0.1, 0.15) is 30.6 Å². The standard InChI is InChI=1S/C22H25N5O4/c1-14-4-3-5-17-20(14)23-13-27(22(17)30)11-8-19(28)26-9-6-16(7-10-26)21(29)24-18-12-15(2)31-25-18/h3-5,12-13,16H,6-11H2,1-2H3,(H,24,25,29). The molecule has 9 heteroatoms. The molecule has 0 atom stereocenters. The van der Waals surface area contributed by atoms with E-state index >= 15 is 0 Å². The topological polar surface area (TPSA) is 110 Å². The summed E-state index contributed by atoms with van der Waals surface area (Å²) in [6, 6.07) is 7.17. The Morgan fingerprint density at radius 1 is 1.23 bits per heavy atom. The van der Waals surface area contributed by atoms with Crippen molar-refractivity contribution in [2.75, 3.05) is 18.4 Å². The first-order valence-corrected chi connectivity index (χ1v) is 10.4. The summed E-state index contributed by atoms with van der Waals surface area (Å²) in [6.45, 7) is 4.98. The number of likely N-dealkylation sites (tertiary alicyclic amines) is 1. The van der Waals surface area contributed by atoms with Crippen molar-refractivity contribution in [2.45, 2.75) is 39.7 Å². The zero-order valence-corrected chi connectivity index (χ0v) is 17.6. The number of nitrogens with one attached hydrogen (secondary N) is 1. The van der Waals surface area contributed by atoms with Gasteiger partial charge in [-0.25, -0.2) is 4.98 Å². The molecule has 1 saturated heterocycles. The van der Waals surface area contributed by atoms with Gasteiger partial charge in [0.1, 0.15) is 5.76 Å². The quantitative estimate of drug-likeness (QED) is 0.674. The number of nitrogens with zero attached hydrogens (tertiary/aromatic N) is 4. The third kappa shape index (κ3) is 4.50. The number of aromatic nitrogens is 3. The third-order valence-electron chi connectivity index (χ3n) is 5.72. The van der Waals surface area contributed by atoms with Gasteiger partial charge in [-0.3, -0.25) is 19.0 Å². The number of aryl methyl sites for hydroxylation is 3. The smallest absolute Gasteiger partial charge is 0.261 e. The lowest BCUT2D eigenvalue weighted by molar-refractivity contribution is -0.134. The Hall–Kier alpha value is -3.49. The maximum Gasteiger partial charge on any atom is 0.261 e. The highest BCUT2D eigenvalue weighted by Crippen LogP contribution is 2.20. The highest BCUT2D eigenvalue weighted by molar-refractivity contribution is 5.91. The van der Waals surface area contributed by atoms with Crippen molar-refractivity contribution in [3.8, 4) is 0 Å². The minimum atomic E-state index is -0.170. The van der Waals surface area contributed by atoms with Gasteiger partial charge in [0.2, 0.25) is 11.8 Å². The van der Waals surface area contributed by atoms with Crippen molar-refractivity contribution in [3.05, 3.63) is 52.3 Å². The van der Waals surface area contributed by atoms with Crippen LogP contribution in [0.5, 0.6) is 0 Å². The predicted molar refractivity (Wildman–Crippen MR) is 115 cm³/mol. The zero-order valence-electron chi connectivity index (χ0n) is 17.6. The summed E-state index contributed by atoms with van der Waals surface area (Å²) in [5, 5.41) is 7.09. The molecule has 0 radical (unpaired) electrons. The van der Waals surface area contributed by atoms with E-state index in [4.69, 9.17) is 4.52 Å². The molecule has 3 heterocycles. The van der Waals surface area contributed by atoms with Gasteiger partial charge in [0.25, 0.3) is 5.56 Å². The summed E-state index contributed by atoms with van der Waals surface area (Å²) in [5.41, 5.74) is 1.50. The summed E-state index contributed by atoms with van der Waals surface area (Å²) in [4.78, 5) is 43.8. The number of amides is 2. The predicted octanol–water partition coefficient (Wildman–Crippen LogP) is 2.27. The monoisotopic (exact) mass is 423 g/mol. The highest BCUT2D eigenvalue weighted by atomic mass is 16.5. The van der Waals surface area contributed by atoms with Crippen molar-refractivity contribution in [2.24, 2.45) is 5.92 Å². The van der Waals surface area contributed by atoms with Crippen molar-refractivity contribution < 1.29 is 14.1 Å². The number of hydrogen-bond donors (Lipinski definition) is 1. The van der Waals surface area contributed by atoms with Crippen LogP contribution < -0.4 is 10.9 Å². The van der Waals surface area contributed by atoms with Crippen LogP contribution in [0.25, 0.3) is 10.9 Å². The maximum atomic E-state index is 12.7. The molecule has 1 aliphatic heterocycles. The SMILES string of the molecule is Cc1cc(NC(=O)C2CCN(C(=O)CCn3cnc4c(C)cccc4c3=O)CC2)no1. The molecule has 2 aromatic heterocycles. The average molecular weight is 423 g/mol. The van der Waals surface area contributed by atoms with E-state index in [9.17, 15) is 14.4 Å². The van der Waals surface area contributed by atoms with Gasteiger partial charge >= 0.3 is 0 Å². The molecule has 2 amide bonds. The number of anilines is 1. The number of para-hydroxylation sites is 1. The van der Waals surface area contributed by atoms with Gasteiger partial charge in [0.05, 0.1) is 17.2 Å². The number of hydrogen-bond acceptors (Lipinski definition) is 6. The first-order chi connectivity index (χ1) is 14.9. The Bertz CT molecular complexity index is 1170. The van der Waals surface area contributed by atoms with Crippen LogP contribution in [0.15, 0.2) is 39.9 Å².